The minimum absolute atomic E-state index is 0.179. The quantitative estimate of drug-likeness (QED) is 0.881. The van der Waals surface area contributed by atoms with Crippen LogP contribution in [0.25, 0.3) is 0 Å². The second-order valence-corrected chi connectivity index (χ2v) is 6.00. The lowest BCUT2D eigenvalue weighted by molar-refractivity contribution is 0.0264. The Morgan fingerprint density at radius 3 is 2.95 bits per heavy atom. The maximum atomic E-state index is 12.0. The Balaban J connectivity index is 2.04. The minimum Gasteiger partial charge on any atom is -0.386 e. The first-order valence-corrected chi connectivity index (χ1v) is 7.12. The van der Waals surface area contributed by atoms with Crippen LogP contribution < -0.4 is 5.32 Å². The van der Waals surface area contributed by atoms with Crippen LogP contribution in [0.5, 0.6) is 0 Å². The van der Waals surface area contributed by atoms with Gasteiger partial charge in [0.25, 0.3) is 5.91 Å². The van der Waals surface area contributed by atoms with Gasteiger partial charge in [-0.1, -0.05) is 11.6 Å². The summed E-state index contributed by atoms with van der Waals surface area (Å²) in [6.07, 6.45) is 0.535. The third kappa shape index (κ3) is 3.48. The number of hydrogen-bond donors (Lipinski definition) is 2. The highest BCUT2D eigenvalue weighted by Crippen LogP contribution is 2.27. The molecule has 2 rings (SSSR count). The molecule has 0 bridgehead atoms. The number of benzene rings is 1. The van der Waals surface area contributed by atoms with Crippen molar-refractivity contribution in [3.8, 4) is 0 Å². The number of aliphatic hydroxyl groups is 1. The molecule has 0 radical (unpaired) electrons. The van der Waals surface area contributed by atoms with Crippen molar-refractivity contribution in [2.24, 2.45) is 0 Å². The van der Waals surface area contributed by atoms with Crippen molar-refractivity contribution in [3.63, 3.8) is 0 Å². The minimum atomic E-state index is -0.955. The highest BCUT2D eigenvalue weighted by molar-refractivity contribution is 9.10. The van der Waals surface area contributed by atoms with Crippen LogP contribution in [0.2, 0.25) is 5.02 Å². The molecule has 1 fully saturated rings. The lowest BCUT2D eigenvalue weighted by atomic mass is 10.0. The molecule has 4 nitrogen and oxygen atoms in total. The zero-order chi connectivity index (χ0) is 14.0. The van der Waals surface area contributed by atoms with Gasteiger partial charge in [0.15, 0.2) is 0 Å². The molecule has 1 aromatic rings. The topological polar surface area (TPSA) is 58.6 Å². The molecule has 0 spiro atoms. The summed E-state index contributed by atoms with van der Waals surface area (Å²) >= 11 is 9.37. The number of ether oxygens (including phenoxy) is 1. The fourth-order valence-corrected chi connectivity index (χ4v) is 2.44. The lowest BCUT2D eigenvalue weighted by Crippen LogP contribution is -2.43. The monoisotopic (exact) mass is 347 g/mol. The van der Waals surface area contributed by atoms with E-state index in [9.17, 15) is 9.90 Å². The molecular formula is C13H15BrClNO3. The average Bonchev–Trinajstić information content (AvgIpc) is 2.80. The van der Waals surface area contributed by atoms with E-state index in [4.69, 9.17) is 16.3 Å². The summed E-state index contributed by atoms with van der Waals surface area (Å²) < 4.78 is 5.91. The van der Waals surface area contributed by atoms with E-state index in [-0.39, 0.29) is 19.1 Å². The second-order valence-electron chi connectivity index (χ2n) is 4.80. The van der Waals surface area contributed by atoms with Crippen LogP contribution in [-0.2, 0) is 4.74 Å². The smallest absolute Gasteiger partial charge is 0.251 e. The van der Waals surface area contributed by atoms with Gasteiger partial charge in [0.1, 0.15) is 5.60 Å². The van der Waals surface area contributed by atoms with Crippen LogP contribution in [0.3, 0.4) is 0 Å². The summed E-state index contributed by atoms with van der Waals surface area (Å²) in [4.78, 5) is 12.0. The number of carbonyl (C=O) groups excluding carboxylic acids is 1. The molecule has 0 aromatic heterocycles. The van der Waals surface area contributed by atoms with Crippen LogP contribution >= 0.6 is 27.5 Å². The SMILES string of the molecule is Cc1cc(C(=O)NC[C@@]2(O)CCOC2)cc(Cl)c1Br. The van der Waals surface area contributed by atoms with Gasteiger partial charge in [-0.3, -0.25) is 4.79 Å². The van der Waals surface area contributed by atoms with Crippen molar-refractivity contribution in [2.75, 3.05) is 19.8 Å². The molecule has 2 N–H and O–H groups in total. The molecular weight excluding hydrogens is 334 g/mol. The maximum Gasteiger partial charge on any atom is 0.251 e. The Hall–Kier alpha value is -0.620. The van der Waals surface area contributed by atoms with Crippen LogP contribution in [0.4, 0.5) is 0 Å². The number of aryl methyl sites for hydroxylation is 1. The van der Waals surface area contributed by atoms with Crippen LogP contribution in [0.15, 0.2) is 16.6 Å². The molecule has 1 saturated heterocycles. The molecule has 0 unspecified atom stereocenters. The molecule has 19 heavy (non-hydrogen) atoms. The van der Waals surface area contributed by atoms with E-state index < -0.39 is 5.60 Å². The number of nitrogens with one attached hydrogen (secondary N) is 1. The molecule has 104 valence electrons. The largest absolute Gasteiger partial charge is 0.386 e. The van der Waals surface area contributed by atoms with Crippen LogP contribution in [0, 0.1) is 6.92 Å². The highest BCUT2D eigenvalue weighted by Gasteiger charge is 2.32. The Kier molecular flexibility index (Phi) is 4.50. The summed E-state index contributed by atoms with van der Waals surface area (Å²) in [5, 5.41) is 13.3. The summed E-state index contributed by atoms with van der Waals surface area (Å²) in [5.74, 6) is -0.252. The van der Waals surface area contributed by atoms with Crippen molar-refractivity contribution < 1.29 is 14.6 Å². The Morgan fingerprint density at radius 2 is 2.37 bits per heavy atom. The van der Waals surface area contributed by atoms with E-state index in [2.05, 4.69) is 21.2 Å². The second kappa shape index (κ2) is 5.79. The summed E-state index contributed by atoms with van der Waals surface area (Å²) in [7, 11) is 0. The highest BCUT2D eigenvalue weighted by atomic mass is 79.9. The first-order valence-electron chi connectivity index (χ1n) is 5.95. The van der Waals surface area contributed by atoms with Gasteiger partial charge in [0.2, 0.25) is 0 Å². The zero-order valence-corrected chi connectivity index (χ0v) is 12.8. The van der Waals surface area contributed by atoms with Gasteiger partial charge in [-0.05, 0) is 40.5 Å². The van der Waals surface area contributed by atoms with Gasteiger partial charge >= 0.3 is 0 Å². The normalized spacial score (nSPS) is 22.5. The van der Waals surface area contributed by atoms with Crippen molar-refractivity contribution in [3.05, 3.63) is 32.8 Å². The molecule has 1 heterocycles. The van der Waals surface area contributed by atoms with E-state index in [0.717, 1.165) is 10.0 Å². The fourth-order valence-electron chi connectivity index (χ4n) is 1.94. The number of carbonyl (C=O) groups is 1. The van der Waals surface area contributed by atoms with Gasteiger partial charge in [-0.25, -0.2) is 0 Å². The molecule has 1 atom stereocenters. The van der Waals surface area contributed by atoms with Crippen molar-refractivity contribution in [1.82, 2.24) is 5.32 Å². The predicted octanol–water partition coefficient (Wildman–Crippen LogP) is 2.29. The Labute approximate surface area is 125 Å². The van der Waals surface area contributed by atoms with E-state index in [1.807, 2.05) is 6.92 Å². The lowest BCUT2D eigenvalue weighted by Gasteiger charge is -2.20. The molecule has 1 aliphatic heterocycles. The van der Waals surface area contributed by atoms with Crippen LogP contribution in [0.1, 0.15) is 22.3 Å². The van der Waals surface area contributed by atoms with Crippen LogP contribution in [-0.4, -0.2) is 36.4 Å². The van der Waals surface area contributed by atoms with Crippen molar-refractivity contribution in [1.29, 1.82) is 0 Å². The first-order chi connectivity index (χ1) is 8.91. The fraction of sp³-hybridized carbons (Fsp3) is 0.462. The third-order valence-electron chi connectivity index (χ3n) is 3.13. The molecule has 0 aliphatic carbocycles. The van der Waals surface area contributed by atoms with Gasteiger partial charge in [0, 0.05) is 29.6 Å². The standard InChI is InChI=1S/C13H15BrClNO3/c1-8-4-9(5-10(15)11(8)14)12(17)16-6-13(18)2-3-19-7-13/h4-5,18H,2-3,6-7H2,1H3,(H,16,17)/t13-/m0/s1. The average molecular weight is 349 g/mol. The number of halogens is 2. The maximum absolute atomic E-state index is 12.0. The van der Waals surface area contributed by atoms with E-state index in [0.29, 0.717) is 23.6 Å². The molecule has 0 saturated carbocycles. The molecule has 6 heteroatoms. The van der Waals surface area contributed by atoms with E-state index in [1.54, 1.807) is 12.1 Å². The summed E-state index contributed by atoms with van der Waals surface area (Å²) in [6, 6.07) is 3.35. The Bertz CT molecular complexity index is 478. The molecule has 1 amide bonds. The van der Waals surface area contributed by atoms with Gasteiger partial charge in [-0.2, -0.15) is 0 Å². The van der Waals surface area contributed by atoms with Crippen molar-refractivity contribution >= 4 is 33.4 Å². The van der Waals surface area contributed by atoms with Gasteiger partial charge in [0.05, 0.1) is 11.6 Å². The summed E-state index contributed by atoms with van der Waals surface area (Å²) in [5.41, 5.74) is 0.415. The van der Waals surface area contributed by atoms with E-state index in [1.165, 1.54) is 0 Å². The number of amides is 1. The molecule has 1 aliphatic rings. The van der Waals surface area contributed by atoms with Gasteiger partial charge in [-0.15, -0.1) is 0 Å². The third-order valence-corrected chi connectivity index (χ3v) is 4.71. The molecule has 1 aromatic carbocycles. The predicted molar refractivity (Wildman–Crippen MR) is 76.6 cm³/mol. The zero-order valence-electron chi connectivity index (χ0n) is 10.5. The van der Waals surface area contributed by atoms with Gasteiger partial charge < -0.3 is 15.2 Å². The number of rotatable bonds is 3. The van der Waals surface area contributed by atoms with Crippen molar-refractivity contribution in [2.45, 2.75) is 18.9 Å². The summed E-state index contributed by atoms with van der Waals surface area (Å²) in [6.45, 7) is 2.83. The Morgan fingerprint density at radius 1 is 1.63 bits per heavy atom. The van der Waals surface area contributed by atoms with E-state index >= 15 is 0 Å². The first kappa shape index (κ1) is 14.8. The number of hydrogen-bond acceptors (Lipinski definition) is 3.